The fourth-order valence-corrected chi connectivity index (χ4v) is 4.09. The molecule has 1 aliphatic rings. The monoisotopic (exact) mass is 362 g/mol. The van der Waals surface area contributed by atoms with Gasteiger partial charge in [-0.25, -0.2) is 15.0 Å². The molecule has 4 aromatic rings. The molecule has 6 heteroatoms. The number of hydrogen-bond acceptors (Lipinski definition) is 6. The predicted molar refractivity (Wildman–Crippen MR) is 104 cm³/mol. The largest absolute Gasteiger partial charge is 0.467 e. The Morgan fingerprint density at radius 1 is 1.15 bits per heavy atom. The third-order valence-electron chi connectivity index (χ3n) is 5.30. The Labute approximate surface area is 157 Å². The van der Waals surface area contributed by atoms with Gasteiger partial charge in [0.05, 0.1) is 18.2 Å². The maximum Gasteiger partial charge on any atom is 0.229 e. The van der Waals surface area contributed by atoms with Gasteiger partial charge in [0, 0.05) is 5.69 Å². The average Bonchev–Trinajstić information content (AvgIpc) is 3.34. The van der Waals surface area contributed by atoms with E-state index < -0.39 is 0 Å². The third kappa shape index (κ3) is 2.76. The molecule has 1 aliphatic carbocycles. The zero-order valence-corrected chi connectivity index (χ0v) is 15.4. The lowest BCUT2D eigenvalue weighted by atomic mass is 9.88. The van der Waals surface area contributed by atoms with Crippen molar-refractivity contribution in [2.24, 2.45) is 0 Å². The highest BCUT2D eigenvalue weighted by molar-refractivity contribution is 6.06. The molecule has 0 fully saturated rings. The summed E-state index contributed by atoms with van der Waals surface area (Å²) in [6, 6.07) is 3.80. The summed E-state index contributed by atoms with van der Waals surface area (Å²) in [6.45, 7) is 2.74. The van der Waals surface area contributed by atoms with Crippen LogP contribution in [0.15, 0.2) is 33.6 Å². The molecular weight excluding hydrogens is 340 g/mol. The number of fused-ring (bicyclic) bond motifs is 5. The van der Waals surface area contributed by atoms with E-state index in [0.29, 0.717) is 23.7 Å². The highest BCUT2D eigenvalue weighted by Crippen LogP contribution is 2.37. The molecule has 6 nitrogen and oxygen atoms in total. The van der Waals surface area contributed by atoms with E-state index in [0.717, 1.165) is 42.3 Å². The van der Waals surface area contributed by atoms with Crippen LogP contribution in [0.3, 0.4) is 0 Å². The number of hydrogen-bond donors (Lipinski definition) is 1. The smallest absolute Gasteiger partial charge is 0.229 e. The number of anilines is 1. The number of nitrogens with zero attached hydrogens (tertiary/aromatic N) is 3. The van der Waals surface area contributed by atoms with Crippen molar-refractivity contribution in [1.29, 1.82) is 0 Å². The molecule has 0 unspecified atom stereocenters. The summed E-state index contributed by atoms with van der Waals surface area (Å²) in [5.41, 5.74) is 6.21. The van der Waals surface area contributed by atoms with Crippen LogP contribution in [0.25, 0.3) is 22.2 Å². The van der Waals surface area contributed by atoms with E-state index >= 15 is 0 Å². The molecule has 0 spiro atoms. The number of nitrogens with one attached hydrogen (secondary N) is 1. The number of aryl methyl sites for hydroxylation is 2. The van der Waals surface area contributed by atoms with Gasteiger partial charge in [-0.05, 0) is 55.4 Å². The Bertz CT molecular complexity index is 1100. The summed E-state index contributed by atoms with van der Waals surface area (Å²) in [7, 11) is 0. The first kappa shape index (κ1) is 16.3. The zero-order chi connectivity index (χ0) is 18.2. The molecule has 0 bridgehead atoms. The average molecular weight is 362 g/mol. The van der Waals surface area contributed by atoms with Crippen molar-refractivity contribution in [2.45, 2.75) is 52.0 Å². The van der Waals surface area contributed by atoms with Gasteiger partial charge in [0.15, 0.2) is 11.4 Å². The van der Waals surface area contributed by atoms with E-state index in [9.17, 15) is 0 Å². The molecule has 0 saturated heterocycles. The van der Waals surface area contributed by atoms with Crippen molar-refractivity contribution in [3.05, 3.63) is 47.3 Å². The first-order chi connectivity index (χ1) is 13.3. The van der Waals surface area contributed by atoms with E-state index in [1.807, 2.05) is 12.1 Å². The molecule has 4 aromatic heterocycles. The fraction of sp³-hybridized carbons (Fsp3) is 0.381. The van der Waals surface area contributed by atoms with Gasteiger partial charge in [0.2, 0.25) is 5.71 Å². The van der Waals surface area contributed by atoms with E-state index in [-0.39, 0.29) is 0 Å². The normalized spacial score (nSPS) is 14.0. The molecule has 27 heavy (non-hydrogen) atoms. The van der Waals surface area contributed by atoms with Crippen molar-refractivity contribution >= 4 is 28.0 Å². The molecule has 5 rings (SSSR count). The Balaban J connectivity index is 1.66. The van der Waals surface area contributed by atoms with E-state index in [1.165, 1.54) is 29.7 Å². The highest BCUT2D eigenvalue weighted by atomic mass is 16.3. The summed E-state index contributed by atoms with van der Waals surface area (Å²) in [4.78, 5) is 13.8. The second-order valence-electron chi connectivity index (χ2n) is 7.09. The summed E-state index contributed by atoms with van der Waals surface area (Å²) < 4.78 is 11.6. The molecule has 0 saturated carbocycles. The molecule has 0 aliphatic heterocycles. The van der Waals surface area contributed by atoms with Crippen LogP contribution < -0.4 is 5.32 Å². The van der Waals surface area contributed by atoms with Gasteiger partial charge in [0.1, 0.15) is 17.6 Å². The lowest BCUT2D eigenvalue weighted by Gasteiger charge is -2.19. The minimum atomic E-state index is 0.544. The second kappa shape index (κ2) is 6.68. The Kier molecular flexibility index (Phi) is 4.03. The lowest BCUT2D eigenvalue weighted by molar-refractivity contribution is 0.517. The van der Waals surface area contributed by atoms with Crippen LogP contribution in [0, 0.1) is 0 Å². The molecule has 4 heterocycles. The van der Waals surface area contributed by atoms with Crippen LogP contribution >= 0.6 is 0 Å². The zero-order valence-electron chi connectivity index (χ0n) is 15.4. The standard InChI is InChI=1S/C21H22N4O2/c1-2-6-16-14-8-3-4-9-15(14)17-18-19(27-21(17)25-16)20(24-12-23-18)22-11-13-7-5-10-26-13/h5,7,10,12H,2-4,6,8-9,11H2,1H3,(H,22,23,24). The van der Waals surface area contributed by atoms with Crippen molar-refractivity contribution in [1.82, 2.24) is 15.0 Å². The maximum atomic E-state index is 6.18. The first-order valence-electron chi connectivity index (χ1n) is 9.69. The van der Waals surface area contributed by atoms with Crippen LogP contribution in [-0.2, 0) is 25.8 Å². The van der Waals surface area contributed by atoms with Gasteiger partial charge in [-0.15, -0.1) is 0 Å². The quantitative estimate of drug-likeness (QED) is 0.549. The van der Waals surface area contributed by atoms with Crippen molar-refractivity contribution in [2.75, 3.05) is 5.32 Å². The van der Waals surface area contributed by atoms with E-state index in [2.05, 4.69) is 22.2 Å². The van der Waals surface area contributed by atoms with Crippen molar-refractivity contribution in [3.8, 4) is 0 Å². The van der Waals surface area contributed by atoms with Gasteiger partial charge in [-0.2, -0.15) is 0 Å². The molecule has 1 N–H and O–H groups in total. The van der Waals surface area contributed by atoms with E-state index in [1.54, 1.807) is 12.6 Å². The van der Waals surface area contributed by atoms with Crippen LogP contribution in [0.1, 0.15) is 48.8 Å². The van der Waals surface area contributed by atoms with Gasteiger partial charge < -0.3 is 14.2 Å². The number of rotatable bonds is 5. The van der Waals surface area contributed by atoms with Gasteiger partial charge in [0.25, 0.3) is 0 Å². The number of furan rings is 2. The van der Waals surface area contributed by atoms with Gasteiger partial charge >= 0.3 is 0 Å². The highest BCUT2D eigenvalue weighted by Gasteiger charge is 2.24. The number of aromatic nitrogens is 3. The molecule has 0 atom stereocenters. The second-order valence-corrected chi connectivity index (χ2v) is 7.09. The maximum absolute atomic E-state index is 6.18. The molecular formula is C21H22N4O2. The topological polar surface area (TPSA) is 77.0 Å². The summed E-state index contributed by atoms with van der Waals surface area (Å²) in [6.07, 6.45) is 9.95. The van der Waals surface area contributed by atoms with Crippen LogP contribution in [0.2, 0.25) is 0 Å². The fourth-order valence-electron chi connectivity index (χ4n) is 4.09. The van der Waals surface area contributed by atoms with Crippen LogP contribution in [0.4, 0.5) is 5.82 Å². The molecule has 138 valence electrons. The Morgan fingerprint density at radius 2 is 2.04 bits per heavy atom. The third-order valence-corrected chi connectivity index (χ3v) is 5.30. The SMILES string of the molecule is CCCc1nc2oc3c(NCc4ccco4)ncnc3c2c2c1CCCC2. The molecule has 0 radical (unpaired) electrons. The van der Waals surface area contributed by atoms with Crippen molar-refractivity contribution in [3.63, 3.8) is 0 Å². The Morgan fingerprint density at radius 3 is 2.85 bits per heavy atom. The Hall–Kier alpha value is -2.89. The van der Waals surface area contributed by atoms with Gasteiger partial charge in [-0.1, -0.05) is 13.3 Å². The molecule has 0 amide bonds. The molecule has 0 aromatic carbocycles. The van der Waals surface area contributed by atoms with Gasteiger partial charge in [-0.3, -0.25) is 0 Å². The van der Waals surface area contributed by atoms with Crippen LogP contribution in [0.5, 0.6) is 0 Å². The minimum Gasteiger partial charge on any atom is -0.467 e. The first-order valence-corrected chi connectivity index (χ1v) is 9.69. The van der Waals surface area contributed by atoms with Crippen LogP contribution in [-0.4, -0.2) is 15.0 Å². The minimum absolute atomic E-state index is 0.544. The van der Waals surface area contributed by atoms with E-state index in [4.69, 9.17) is 13.8 Å². The summed E-state index contributed by atoms with van der Waals surface area (Å²) >= 11 is 0. The predicted octanol–water partition coefficient (Wildman–Crippen LogP) is 4.81. The summed E-state index contributed by atoms with van der Waals surface area (Å²) in [5.74, 6) is 1.52. The summed E-state index contributed by atoms with van der Waals surface area (Å²) in [5, 5.41) is 4.38. The lowest BCUT2D eigenvalue weighted by Crippen LogP contribution is -2.09. The van der Waals surface area contributed by atoms with Crippen molar-refractivity contribution < 1.29 is 8.83 Å². The number of pyridine rings is 1.